The van der Waals surface area contributed by atoms with Gasteiger partial charge in [0.2, 0.25) is 11.8 Å². The van der Waals surface area contributed by atoms with Crippen LogP contribution in [0.2, 0.25) is 0 Å². The highest BCUT2D eigenvalue weighted by molar-refractivity contribution is 5.85. The fourth-order valence-corrected chi connectivity index (χ4v) is 4.28. The number of hydrogen-bond acceptors (Lipinski definition) is 2. The molecule has 0 atom stereocenters. The monoisotopic (exact) mass is 479 g/mol. The van der Waals surface area contributed by atoms with E-state index in [1.165, 1.54) is 12.1 Å². The quantitative estimate of drug-likeness (QED) is 0.285. The molecular weight excluding hydrogens is 441 g/mol. The Morgan fingerprint density at radius 3 is 2.34 bits per heavy atom. The lowest BCUT2D eigenvalue weighted by molar-refractivity contribution is -0.141. The van der Waals surface area contributed by atoms with Gasteiger partial charge in [0.25, 0.3) is 0 Å². The lowest BCUT2D eigenvalue weighted by Gasteiger charge is -2.28. The van der Waals surface area contributed by atoms with Crippen LogP contribution in [0.25, 0.3) is 10.9 Å². The first-order valence-electron chi connectivity index (χ1n) is 12.9. The van der Waals surface area contributed by atoms with E-state index >= 15 is 0 Å². The topological polar surface area (TPSA) is 56.4 Å². The molecule has 1 heterocycles. The summed E-state index contributed by atoms with van der Waals surface area (Å²) in [5.41, 5.74) is 3.09. The van der Waals surface area contributed by atoms with Crippen molar-refractivity contribution >= 4 is 22.7 Å². The number of rotatable bonds is 14. The molecule has 1 N–H and O–H groups in total. The van der Waals surface area contributed by atoms with Gasteiger partial charge < -0.3 is 14.8 Å². The van der Waals surface area contributed by atoms with Crippen LogP contribution in [0, 0.1) is 5.82 Å². The maximum absolute atomic E-state index is 13.5. The Balaban J connectivity index is 1.74. The molecule has 3 rings (SSSR count). The highest BCUT2D eigenvalue weighted by Gasteiger charge is 2.21. The van der Waals surface area contributed by atoms with Crippen LogP contribution in [-0.2, 0) is 22.6 Å². The number of carbonyl (C=O) groups excluding carboxylic acids is 2. The number of nitrogens with zero attached hydrogens (tertiary/aromatic N) is 2. The van der Waals surface area contributed by atoms with Crippen LogP contribution in [0.1, 0.15) is 63.5 Å². The van der Waals surface area contributed by atoms with E-state index in [1.807, 2.05) is 24.4 Å². The van der Waals surface area contributed by atoms with Crippen LogP contribution in [0.5, 0.6) is 0 Å². The summed E-state index contributed by atoms with van der Waals surface area (Å²) in [6.07, 6.45) is 7.94. The Labute approximate surface area is 208 Å². The summed E-state index contributed by atoms with van der Waals surface area (Å²) < 4.78 is 13.4. The van der Waals surface area contributed by atoms with E-state index in [9.17, 15) is 14.0 Å². The summed E-state index contributed by atoms with van der Waals surface area (Å²) in [6, 6.07) is 14.4. The van der Waals surface area contributed by atoms with Crippen LogP contribution in [-0.4, -0.2) is 46.2 Å². The molecule has 2 aromatic carbocycles. The number of para-hydroxylation sites is 1. The molecule has 0 aliphatic carbocycles. The number of H-pyrrole nitrogens is 1. The lowest BCUT2D eigenvalue weighted by atomic mass is 10.1. The van der Waals surface area contributed by atoms with Gasteiger partial charge in [0.1, 0.15) is 5.82 Å². The normalized spacial score (nSPS) is 11.1. The van der Waals surface area contributed by atoms with Crippen LogP contribution in [0.15, 0.2) is 54.7 Å². The summed E-state index contributed by atoms with van der Waals surface area (Å²) >= 11 is 0. The minimum Gasteiger partial charge on any atom is -0.361 e. The van der Waals surface area contributed by atoms with Crippen molar-refractivity contribution in [3.63, 3.8) is 0 Å². The van der Waals surface area contributed by atoms with Gasteiger partial charge in [0, 0.05) is 43.2 Å². The first-order valence-corrected chi connectivity index (χ1v) is 12.9. The Morgan fingerprint density at radius 2 is 1.60 bits per heavy atom. The van der Waals surface area contributed by atoms with Crippen LogP contribution >= 0.6 is 0 Å². The smallest absolute Gasteiger partial charge is 0.242 e. The summed E-state index contributed by atoms with van der Waals surface area (Å²) in [6.45, 7) is 5.78. The van der Waals surface area contributed by atoms with E-state index in [2.05, 4.69) is 24.9 Å². The molecular formula is C29H38FN3O2. The van der Waals surface area contributed by atoms with Gasteiger partial charge in [-0.05, 0) is 48.6 Å². The Kier molecular flexibility index (Phi) is 10.3. The summed E-state index contributed by atoms with van der Waals surface area (Å²) in [5.74, 6) is -0.318. The van der Waals surface area contributed by atoms with Gasteiger partial charge in [-0.1, -0.05) is 63.4 Å². The number of hydrogen-bond donors (Lipinski definition) is 1. The third-order valence-electron chi connectivity index (χ3n) is 6.42. The molecule has 188 valence electrons. The van der Waals surface area contributed by atoms with E-state index in [0.717, 1.165) is 54.1 Å². The molecule has 1 aromatic heterocycles. The van der Waals surface area contributed by atoms with Gasteiger partial charge in [0.15, 0.2) is 0 Å². The lowest BCUT2D eigenvalue weighted by Crippen LogP contribution is -2.43. The summed E-state index contributed by atoms with van der Waals surface area (Å²) in [7, 11) is 0. The van der Waals surface area contributed by atoms with Crippen molar-refractivity contribution in [1.82, 2.24) is 14.8 Å². The molecule has 0 aliphatic rings. The molecule has 0 saturated heterocycles. The number of halogens is 1. The average molecular weight is 480 g/mol. The highest BCUT2D eigenvalue weighted by Crippen LogP contribution is 2.19. The number of amides is 2. The number of unbranched alkanes of at least 4 members (excludes halogenated alkanes) is 3. The van der Waals surface area contributed by atoms with E-state index in [4.69, 9.17) is 0 Å². The molecule has 0 radical (unpaired) electrons. The number of aromatic nitrogens is 1. The molecule has 2 amide bonds. The maximum atomic E-state index is 13.5. The predicted molar refractivity (Wildman–Crippen MR) is 139 cm³/mol. The fraction of sp³-hybridized carbons (Fsp3) is 0.448. The molecule has 0 saturated carbocycles. The average Bonchev–Trinajstić information content (AvgIpc) is 3.28. The third-order valence-corrected chi connectivity index (χ3v) is 6.42. The predicted octanol–water partition coefficient (Wildman–Crippen LogP) is 6.09. The Hall–Kier alpha value is -3.15. The molecule has 5 nitrogen and oxygen atoms in total. The van der Waals surface area contributed by atoms with Crippen molar-refractivity contribution < 1.29 is 14.0 Å². The van der Waals surface area contributed by atoms with Gasteiger partial charge in [0.05, 0.1) is 6.54 Å². The first-order chi connectivity index (χ1) is 17.0. The molecule has 0 bridgehead atoms. The molecule has 0 spiro atoms. The van der Waals surface area contributed by atoms with E-state index in [1.54, 1.807) is 21.9 Å². The zero-order chi connectivity index (χ0) is 25.0. The zero-order valence-electron chi connectivity index (χ0n) is 21.1. The highest BCUT2D eigenvalue weighted by atomic mass is 19.1. The second-order valence-corrected chi connectivity index (χ2v) is 9.18. The van der Waals surface area contributed by atoms with Crippen molar-refractivity contribution in [1.29, 1.82) is 0 Å². The van der Waals surface area contributed by atoms with Crippen molar-refractivity contribution in [2.75, 3.05) is 19.6 Å². The first kappa shape index (κ1) is 26.5. The Morgan fingerprint density at radius 1 is 0.857 bits per heavy atom. The SMILES string of the molecule is CCCCCC(=O)N(CCCC)CC(=O)N(CCc1c[nH]c2ccccc12)Cc1ccc(F)cc1. The van der Waals surface area contributed by atoms with Gasteiger partial charge in [-0.2, -0.15) is 0 Å². The molecule has 6 heteroatoms. The number of nitrogens with one attached hydrogen (secondary N) is 1. The zero-order valence-corrected chi connectivity index (χ0v) is 21.1. The minimum atomic E-state index is -0.297. The van der Waals surface area contributed by atoms with Crippen molar-refractivity contribution in [3.05, 3.63) is 71.7 Å². The maximum Gasteiger partial charge on any atom is 0.242 e. The molecule has 0 unspecified atom stereocenters. The second kappa shape index (κ2) is 13.7. The Bertz CT molecular complexity index is 1080. The van der Waals surface area contributed by atoms with Crippen LogP contribution < -0.4 is 0 Å². The fourth-order valence-electron chi connectivity index (χ4n) is 4.28. The van der Waals surface area contributed by atoms with Crippen molar-refractivity contribution in [2.45, 2.75) is 65.3 Å². The number of carbonyl (C=O) groups is 2. The van der Waals surface area contributed by atoms with Gasteiger partial charge in [-0.15, -0.1) is 0 Å². The summed E-state index contributed by atoms with van der Waals surface area (Å²) in [4.78, 5) is 33.2. The standard InChI is InChI=1S/C29H38FN3O2/c1-3-5-7-12-28(34)32(18-6-4-2)22-29(35)33(21-23-13-15-25(30)16-14-23)19-17-24-20-31-27-11-9-8-10-26(24)27/h8-11,13-16,20,31H,3-7,12,17-19,21-22H2,1-2H3. The molecule has 0 fully saturated rings. The van der Waals surface area contributed by atoms with Gasteiger partial charge >= 0.3 is 0 Å². The minimum absolute atomic E-state index is 0.0543. The van der Waals surface area contributed by atoms with Crippen LogP contribution in [0.3, 0.4) is 0 Å². The summed E-state index contributed by atoms with van der Waals surface area (Å²) in [5, 5.41) is 1.15. The van der Waals surface area contributed by atoms with Crippen molar-refractivity contribution in [3.8, 4) is 0 Å². The van der Waals surface area contributed by atoms with E-state index < -0.39 is 0 Å². The van der Waals surface area contributed by atoms with Crippen LogP contribution in [0.4, 0.5) is 4.39 Å². The molecule has 35 heavy (non-hydrogen) atoms. The number of benzene rings is 2. The van der Waals surface area contributed by atoms with E-state index in [0.29, 0.717) is 32.5 Å². The largest absolute Gasteiger partial charge is 0.361 e. The van der Waals surface area contributed by atoms with E-state index in [-0.39, 0.29) is 24.2 Å². The number of aromatic amines is 1. The molecule has 0 aliphatic heterocycles. The second-order valence-electron chi connectivity index (χ2n) is 9.18. The van der Waals surface area contributed by atoms with Gasteiger partial charge in [-0.25, -0.2) is 4.39 Å². The molecule has 3 aromatic rings. The number of fused-ring (bicyclic) bond motifs is 1. The van der Waals surface area contributed by atoms with Gasteiger partial charge in [-0.3, -0.25) is 9.59 Å². The van der Waals surface area contributed by atoms with Crippen molar-refractivity contribution in [2.24, 2.45) is 0 Å². The third kappa shape index (κ3) is 7.94.